The van der Waals surface area contributed by atoms with E-state index >= 15 is 0 Å². The van der Waals surface area contributed by atoms with Crippen LogP contribution in [0, 0.1) is 0 Å². The van der Waals surface area contributed by atoms with Gasteiger partial charge in [0.1, 0.15) is 5.60 Å². The smallest absolute Gasteiger partial charge is 0.335 e. The molecule has 0 saturated heterocycles. The Labute approximate surface area is 136 Å². The number of benzene rings is 2. The molecule has 0 aliphatic rings. The standard InChI is InChI=1S/C19H22O4/c1-23-19(17(20)18(21)22,16-12-6-3-7-13-16)14-8-11-15-9-4-2-5-10-15/h2-7,9-10,12-13,17,20H,8,11,14H2,1H3,(H,21,22). The van der Waals surface area contributed by atoms with Crippen molar-refractivity contribution in [2.24, 2.45) is 0 Å². The Morgan fingerprint density at radius 2 is 1.65 bits per heavy atom. The first-order valence-electron chi connectivity index (χ1n) is 7.65. The molecule has 2 aromatic rings. The zero-order valence-electron chi connectivity index (χ0n) is 13.2. The van der Waals surface area contributed by atoms with E-state index in [9.17, 15) is 15.0 Å². The number of ether oxygens (including phenoxy) is 1. The van der Waals surface area contributed by atoms with E-state index in [1.54, 1.807) is 12.1 Å². The molecule has 0 fully saturated rings. The first-order valence-corrected chi connectivity index (χ1v) is 7.65. The molecule has 4 heteroatoms. The van der Waals surface area contributed by atoms with E-state index in [-0.39, 0.29) is 0 Å². The third-order valence-electron chi connectivity index (χ3n) is 4.16. The monoisotopic (exact) mass is 314 g/mol. The highest BCUT2D eigenvalue weighted by Crippen LogP contribution is 2.35. The molecule has 0 spiro atoms. The van der Waals surface area contributed by atoms with Crippen LogP contribution in [0.15, 0.2) is 60.7 Å². The fourth-order valence-corrected chi connectivity index (χ4v) is 2.89. The van der Waals surface area contributed by atoms with Crippen molar-refractivity contribution < 1.29 is 19.7 Å². The van der Waals surface area contributed by atoms with E-state index < -0.39 is 17.7 Å². The molecule has 4 nitrogen and oxygen atoms in total. The topological polar surface area (TPSA) is 66.8 Å². The average Bonchev–Trinajstić information content (AvgIpc) is 2.60. The molecular formula is C19H22O4. The van der Waals surface area contributed by atoms with Crippen molar-refractivity contribution in [1.82, 2.24) is 0 Å². The van der Waals surface area contributed by atoms with Gasteiger partial charge in [-0.2, -0.15) is 0 Å². The Morgan fingerprint density at radius 3 is 2.17 bits per heavy atom. The maximum atomic E-state index is 11.4. The predicted molar refractivity (Wildman–Crippen MR) is 88.2 cm³/mol. The molecule has 0 radical (unpaired) electrons. The van der Waals surface area contributed by atoms with Crippen molar-refractivity contribution in [2.45, 2.75) is 31.0 Å². The van der Waals surface area contributed by atoms with E-state index in [1.165, 1.54) is 12.7 Å². The summed E-state index contributed by atoms with van der Waals surface area (Å²) in [4.78, 5) is 11.4. The SMILES string of the molecule is COC(CCCc1ccccc1)(c1ccccc1)C(O)C(=O)O. The normalized spacial score (nSPS) is 14.9. The second kappa shape index (κ2) is 7.90. The summed E-state index contributed by atoms with van der Waals surface area (Å²) in [5.74, 6) is -1.28. The van der Waals surface area contributed by atoms with Gasteiger partial charge in [0.25, 0.3) is 0 Å². The zero-order valence-corrected chi connectivity index (χ0v) is 13.2. The summed E-state index contributed by atoms with van der Waals surface area (Å²) in [5.41, 5.74) is 0.600. The maximum absolute atomic E-state index is 11.4. The molecule has 2 aromatic carbocycles. The van der Waals surface area contributed by atoms with Crippen LogP contribution in [0.1, 0.15) is 24.0 Å². The Morgan fingerprint density at radius 1 is 1.09 bits per heavy atom. The highest BCUT2D eigenvalue weighted by molar-refractivity contribution is 5.74. The van der Waals surface area contributed by atoms with Gasteiger partial charge in [0.2, 0.25) is 0 Å². The van der Waals surface area contributed by atoms with Crippen LogP contribution in [0.4, 0.5) is 0 Å². The Kier molecular flexibility index (Phi) is 5.90. The minimum absolute atomic E-state index is 0.413. The van der Waals surface area contributed by atoms with E-state index in [0.717, 1.165) is 6.42 Å². The number of carboxylic acid groups (broad SMARTS) is 1. The third-order valence-corrected chi connectivity index (χ3v) is 4.16. The van der Waals surface area contributed by atoms with E-state index in [4.69, 9.17) is 4.74 Å². The summed E-state index contributed by atoms with van der Waals surface area (Å²) >= 11 is 0. The van der Waals surface area contributed by atoms with E-state index in [2.05, 4.69) is 0 Å². The van der Waals surface area contributed by atoms with Crippen LogP contribution < -0.4 is 0 Å². The van der Waals surface area contributed by atoms with Crippen molar-refractivity contribution in [3.63, 3.8) is 0 Å². The number of methoxy groups -OCH3 is 1. The molecule has 0 heterocycles. The van der Waals surface area contributed by atoms with Crippen molar-refractivity contribution in [2.75, 3.05) is 7.11 Å². The van der Waals surface area contributed by atoms with Crippen LogP contribution in [0.25, 0.3) is 0 Å². The van der Waals surface area contributed by atoms with Crippen LogP contribution in [0.3, 0.4) is 0 Å². The van der Waals surface area contributed by atoms with Crippen molar-refractivity contribution in [3.8, 4) is 0 Å². The fourth-order valence-electron chi connectivity index (χ4n) is 2.89. The van der Waals surface area contributed by atoms with Crippen LogP contribution in [-0.4, -0.2) is 29.4 Å². The number of aryl methyl sites for hydroxylation is 1. The molecule has 2 N–H and O–H groups in total. The maximum Gasteiger partial charge on any atom is 0.335 e. The molecule has 0 amide bonds. The minimum Gasteiger partial charge on any atom is -0.479 e. The fraction of sp³-hybridized carbons (Fsp3) is 0.316. The highest BCUT2D eigenvalue weighted by Gasteiger charge is 2.43. The number of hydrogen-bond acceptors (Lipinski definition) is 3. The molecule has 0 aliphatic carbocycles. The number of carboxylic acids is 1. The van der Waals surface area contributed by atoms with Crippen molar-refractivity contribution in [1.29, 1.82) is 0 Å². The Balaban J connectivity index is 2.21. The zero-order chi connectivity index (χ0) is 16.7. The van der Waals surface area contributed by atoms with Gasteiger partial charge in [-0.15, -0.1) is 0 Å². The first-order chi connectivity index (χ1) is 11.1. The molecule has 2 atom stereocenters. The lowest BCUT2D eigenvalue weighted by molar-refractivity contribution is -0.171. The highest BCUT2D eigenvalue weighted by atomic mass is 16.5. The molecule has 2 unspecified atom stereocenters. The minimum atomic E-state index is -1.62. The Hall–Kier alpha value is -2.17. The second-order valence-corrected chi connectivity index (χ2v) is 5.54. The molecule has 122 valence electrons. The van der Waals surface area contributed by atoms with Crippen molar-refractivity contribution >= 4 is 5.97 Å². The average molecular weight is 314 g/mol. The summed E-state index contributed by atoms with van der Waals surface area (Å²) < 4.78 is 5.55. The summed E-state index contributed by atoms with van der Waals surface area (Å²) in [6.45, 7) is 0. The van der Waals surface area contributed by atoms with E-state index in [1.807, 2.05) is 48.5 Å². The molecule has 0 saturated carbocycles. The van der Waals surface area contributed by atoms with Gasteiger partial charge in [-0.3, -0.25) is 0 Å². The van der Waals surface area contributed by atoms with Gasteiger partial charge in [0.15, 0.2) is 6.10 Å². The van der Waals surface area contributed by atoms with Crippen molar-refractivity contribution in [3.05, 3.63) is 71.8 Å². The Bertz CT molecular complexity index is 612. The van der Waals surface area contributed by atoms with Gasteiger partial charge in [0.05, 0.1) is 0 Å². The van der Waals surface area contributed by atoms with Crippen LogP contribution in [-0.2, 0) is 21.6 Å². The molecule has 0 aliphatic heterocycles. The second-order valence-electron chi connectivity index (χ2n) is 5.54. The lowest BCUT2D eigenvalue weighted by atomic mass is 9.82. The van der Waals surface area contributed by atoms with Gasteiger partial charge < -0.3 is 14.9 Å². The van der Waals surface area contributed by atoms with Gasteiger partial charge in [-0.05, 0) is 30.4 Å². The number of carbonyl (C=O) groups is 1. The van der Waals surface area contributed by atoms with Crippen LogP contribution in [0.5, 0.6) is 0 Å². The number of rotatable bonds is 8. The first kappa shape index (κ1) is 17.2. The molecular weight excluding hydrogens is 292 g/mol. The van der Waals surface area contributed by atoms with Gasteiger partial charge in [-0.1, -0.05) is 60.7 Å². The van der Waals surface area contributed by atoms with Crippen LogP contribution in [0.2, 0.25) is 0 Å². The molecule has 0 aromatic heterocycles. The molecule has 0 bridgehead atoms. The number of aliphatic hydroxyl groups is 1. The van der Waals surface area contributed by atoms with Gasteiger partial charge >= 0.3 is 5.97 Å². The summed E-state index contributed by atoms with van der Waals surface area (Å²) in [7, 11) is 1.45. The van der Waals surface area contributed by atoms with Crippen LogP contribution >= 0.6 is 0 Å². The lowest BCUT2D eigenvalue weighted by Crippen LogP contribution is -2.46. The molecule has 2 rings (SSSR count). The van der Waals surface area contributed by atoms with E-state index in [0.29, 0.717) is 18.4 Å². The summed E-state index contributed by atoms with van der Waals surface area (Å²) in [6.07, 6.45) is 0.295. The lowest BCUT2D eigenvalue weighted by Gasteiger charge is -2.35. The summed E-state index contributed by atoms with van der Waals surface area (Å²) in [5, 5.41) is 19.6. The molecule has 23 heavy (non-hydrogen) atoms. The third kappa shape index (κ3) is 3.97. The van der Waals surface area contributed by atoms with Gasteiger partial charge in [-0.25, -0.2) is 4.79 Å². The quantitative estimate of drug-likeness (QED) is 0.786. The number of aliphatic carboxylic acids is 1. The summed E-state index contributed by atoms with van der Waals surface area (Å²) in [6, 6.07) is 19.0. The number of aliphatic hydroxyl groups excluding tert-OH is 1. The van der Waals surface area contributed by atoms with Gasteiger partial charge in [0, 0.05) is 7.11 Å². The number of hydrogen-bond donors (Lipinski definition) is 2. The predicted octanol–water partition coefficient (Wildman–Crippen LogP) is 3.00. The largest absolute Gasteiger partial charge is 0.479 e.